The number of carbonyl (C=O) groups is 1. The molecule has 0 bridgehead atoms. The highest BCUT2D eigenvalue weighted by Gasteiger charge is 2.11. The summed E-state index contributed by atoms with van der Waals surface area (Å²) in [6, 6.07) is 9.77. The minimum absolute atomic E-state index is 0.0311. The minimum Gasteiger partial charge on any atom is -0.395 e. The van der Waals surface area contributed by atoms with Crippen LogP contribution in [0.2, 0.25) is 0 Å². The van der Waals surface area contributed by atoms with Crippen molar-refractivity contribution in [1.82, 2.24) is 15.2 Å². The van der Waals surface area contributed by atoms with Crippen LogP contribution < -0.4 is 5.32 Å². The second-order valence-corrected chi connectivity index (χ2v) is 5.40. The van der Waals surface area contributed by atoms with Crippen molar-refractivity contribution in [2.24, 2.45) is 0 Å². The predicted octanol–water partition coefficient (Wildman–Crippen LogP) is 2.33. The Hall–Kier alpha value is -1.92. The number of nitrogens with one attached hydrogen (secondary N) is 1. The normalized spacial score (nSPS) is 10.4. The van der Waals surface area contributed by atoms with Crippen LogP contribution in [0.3, 0.4) is 0 Å². The number of aliphatic hydroxyl groups excluding tert-OH is 1. The predicted molar refractivity (Wildman–Crippen MR) is 84.1 cm³/mol. The Morgan fingerprint density at radius 3 is 2.81 bits per heavy atom. The number of rotatable bonds is 6. The van der Waals surface area contributed by atoms with Crippen LogP contribution in [0.25, 0.3) is 11.3 Å². The number of nitrogens with zero attached hydrogens (tertiary/aromatic N) is 2. The van der Waals surface area contributed by atoms with E-state index in [0.29, 0.717) is 19.6 Å². The summed E-state index contributed by atoms with van der Waals surface area (Å²) in [5.41, 5.74) is 1.99. The monoisotopic (exact) mass is 305 g/mol. The Kier molecular flexibility index (Phi) is 5.71. The fourth-order valence-electron chi connectivity index (χ4n) is 1.92. The lowest BCUT2D eigenvalue weighted by molar-refractivity contribution is 0.180. The highest BCUT2D eigenvalue weighted by atomic mass is 32.1. The summed E-state index contributed by atoms with van der Waals surface area (Å²) < 4.78 is 0. The average molecular weight is 305 g/mol. The zero-order chi connectivity index (χ0) is 15.1. The van der Waals surface area contributed by atoms with Gasteiger partial charge >= 0.3 is 6.03 Å². The van der Waals surface area contributed by atoms with Crippen molar-refractivity contribution in [3.05, 3.63) is 40.7 Å². The maximum absolute atomic E-state index is 11.9. The summed E-state index contributed by atoms with van der Waals surface area (Å²) in [6.45, 7) is 3.16. The van der Waals surface area contributed by atoms with Crippen LogP contribution in [0.1, 0.15) is 11.9 Å². The van der Waals surface area contributed by atoms with E-state index >= 15 is 0 Å². The molecule has 1 aromatic heterocycles. The first-order valence-electron chi connectivity index (χ1n) is 6.88. The van der Waals surface area contributed by atoms with Gasteiger partial charge in [-0.15, -0.1) is 11.3 Å². The minimum atomic E-state index is -0.178. The number of likely N-dealkylation sites (N-methyl/N-ethyl adjacent to an activating group) is 1. The summed E-state index contributed by atoms with van der Waals surface area (Å²) in [6.07, 6.45) is 0. The molecule has 1 aromatic carbocycles. The van der Waals surface area contributed by atoms with Gasteiger partial charge in [0.15, 0.2) is 0 Å². The topological polar surface area (TPSA) is 65.5 Å². The van der Waals surface area contributed by atoms with Gasteiger partial charge in [0.25, 0.3) is 0 Å². The molecule has 0 saturated heterocycles. The van der Waals surface area contributed by atoms with Crippen molar-refractivity contribution in [3.8, 4) is 11.3 Å². The van der Waals surface area contributed by atoms with Gasteiger partial charge in [-0.3, -0.25) is 0 Å². The Morgan fingerprint density at radius 2 is 2.14 bits per heavy atom. The molecule has 0 fully saturated rings. The Bertz CT molecular complexity index is 571. The standard InChI is InChI=1S/C15H19N3O2S/c1-2-18(8-9-19)15(20)16-10-14-17-13(11-21-14)12-6-4-3-5-7-12/h3-7,11,19H,2,8-10H2,1H3,(H,16,20). The molecule has 0 aliphatic carbocycles. The first-order valence-corrected chi connectivity index (χ1v) is 7.76. The number of aromatic nitrogens is 1. The third-order valence-corrected chi connectivity index (χ3v) is 3.90. The van der Waals surface area contributed by atoms with E-state index in [9.17, 15) is 4.79 Å². The van der Waals surface area contributed by atoms with E-state index < -0.39 is 0 Å². The molecule has 2 aromatic rings. The molecule has 0 radical (unpaired) electrons. The molecule has 2 N–H and O–H groups in total. The molecule has 0 aliphatic heterocycles. The van der Waals surface area contributed by atoms with Crippen LogP contribution in [-0.4, -0.2) is 40.7 Å². The van der Waals surface area contributed by atoms with Crippen LogP contribution in [-0.2, 0) is 6.54 Å². The lowest BCUT2D eigenvalue weighted by Crippen LogP contribution is -2.40. The second-order valence-electron chi connectivity index (χ2n) is 4.45. The molecule has 2 amide bonds. The van der Waals surface area contributed by atoms with Gasteiger partial charge in [0, 0.05) is 24.0 Å². The Labute approximate surface area is 128 Å². The van der Waals surface area contributed by atoms with Gasteiger partial charge in [-0.1, -0.05) is 30.3 Å². The molecule has 112 valence electrons. The third kappa shape index (κ3) is 4.27. The van der Waals surface area contributed by atoms with Crippen molar-refractivity contribution < 1.29 is 9.90 Å². The van der Waals surface area contributed by atoms with Crippen molar-refractivity contribution in [1.29, 1.82) is 0 Å². The largest absolute Gasteiger partial charge is 0.395 e. The van der Waals surface area contributed by atoms with E-state index in [1.165, 1.54) is 11.3 Å². The van der Waals surface area contributed by atoms with Crippen LogP contribution in [0.15, 0.2) is 35.7 Å². The maximum atomic E-state index is 11.9. The van der Waals surface area contributed by atoms with E-state index in [2.05, 4.69) is 10.3 Å². The van der Waals surface area contributed by atoms with Gasteiger partial charge in [-0.25, -0.2) is 9.78 Å². The highest BCUT2D eigenvalue weighted by Crippen LogP contribution is 2.21. The second kappa shape index (κ2) is 7.75. The van der Waals surface area contributed by atoms with Gasteiger partial charge in [-0.05, 0) is 6.92 Å². The number of urea groups is 1. The van der Waals surface area contributed by atoms with Gasteiger partial charge in [0.2, 0.25) is 0 Å². The lowest BCUT2D eigenvalue weighted by atomic mass is 10.2. The summed E-state index contributed by atoms with van der Waals surface area (Å²) in [4.78, 5) is 18.0. The molecule has 0 saturated carbocycles. The van der Waals surface area contributed by atoms with Crippen LogP contribution in [0.5, 0.6) is 0 Å². The number of carbonyl (C=O) groups excluding carboxylic acids is 1. The summed E-state index contributed by atoms with van der Waals surface area (Å²) in [7, 11) is 0. The van der Waals surface area contributed by atoms with Crippen LogP contribution >= 0.6 is 11.3 Å². The summed E-state index contributed by atoms with van der Waals surface area (Å²) in [5, 5.41) is 14.6. The Balaban J connectivity index is 1.93. The molecule has 1 heterocycles. The summed E-state index contributed by atoms with van der Waals surface area (Å²) >= 11 is 1.53. The molecule has 0 aliphatic rings. The number of hydrogen-bond donors (Lipinski definition) is 2. The van der Waals surface area contributed by atoms with E-state index in [1.807, 2.05) is 42.6 Å². The number of thiazole rings is 1. The van der Waals surface area contributed by atoms with Crippen molar-refractivity contribution in [2.75, 3.05) is 19.7 Å². The molecule has 0 atom stereocenters. The molecule has 0 spiro atoms. The van der Waals surface area contributed by atoms with Crippen molar-refractivity contribution in [2.45, 2.75) is 13.5 Å². The van der Waals surface area contributed by atoms with Gasteiger partial charge in [-0.2, -0.15) is 0 Å². The van der Waals surface area contributed by atoms with E-state index in [-0.39, 0.29) is 12.6 Å². The third-order valence-electron chi connectivity index (χ3n) is 3.05. The highest BCUT2D eigenvalue weighted by molar-refractivity contribution is 7.09. The van der Waals surface area contributed by atoms with Gasteiger partial charge in [0.1, 0.15) is 5.01 Å². The Morgan fingerprint density at radius 1 is 1.38 bits per heavy atom. The average Bonchev–Trinajstić information content (AvgIpc) is 3.00. The van der Waals surface area contributed by atoms with Crippen LogP contribution in [0.4, 0.5) is 4.79 Å². The zero-order valence-electron chi connectivity index (χ0n) is 12.0. The smallest absolute Gasteiger partial charge is 0.317 e. The number of hydrogen-bond acceptors (Lipinski definition) is 4. The fourth-order valence-corrected chi connectivity index (χ4v) is 2.66. The van der Waals surface area contributed by atoms with E-state index in [4.69, 9.17) is 5.11 Å². The van der Waals surface area contributed by atoms with Gasteiger partial charge < -0.3 is 15.3 Å². The van der Waals surface area contributed by atoms with Crippen LogP contribution in [0, 0.1) is 0 Å². The molecular weight excluding hydrogens is 286 g/mol. The maximum Gasteiger partial charge on any atom is 0.317 e. The van der Waals surface area contributed by atoms with Crippen molar-refractivity contribution in [3.63, 3.8) is 0 Å². The lowest BCUT2D eigenvalue weighted by Gasteiger charge is -2.19. The number of amides is 2. The van der Waals surface area contributed by atoms with E-state index in [1.54, 1.807) is 4.90 Å². The molecule has 2 rings (SSSR count). The first-order chi connectivity index (χ1) is 10.2. The molecular formula is C15H19N3O2S. The number of aliphatic hydroxyl groups is 1. The zero-order valence-corrected chi connectivity index (χ0v) is 12.8. The first kappa shape index (κ1) is 15.5. The molecule has 5 nitrogen and oxygen atoms in total. The quantitative estimate of drug-likeness (QED) is 0.861. The SMILES string of the molecule is CCN(CCO)C(=O)NCc1nc(-c2ccccc2)cs1. The van der Waals surface area contributed by atoms with Gasteiger partial charge in [0.05, 0.1) is 18.8 Å². The molecule has 21 heavy (non-hydrogen) atoms. The fraction of sp³-hybridized carbons (Fsp3) is 0.333. The van der Waals surface area contributed by atoms with Crippen molar-refractivity contribution >= 4 is 17.4 Å². The van der Waals surface area contributed by atoms with E-state index in [0.717, 1.165) is 16.3 Å². The number of benzene rings is 1. The molecule has 6 heteroatoms. The molecule has 0 unspecified atom stereocenters. The summed E-state index contributed by atoms with van der Waals surface area (Å²) in [5.74, 6) is 0.